The third-order valence-electron chi connectivity index (χ3n) is 4.70. The molecule has 0 unspecified atom stereocenters. The van der Waals surface area contributed by atoms with E-state index >= 15 is 0 Å². The predicted molar refractivity (Wildman–Crippen MR) is 101 cm³/mol. The highest BCUT2D eigenvalue weighted by Crippen LogP contribution is 2.37. The van der Waals surface area contributed by atoms with Crippen LogP contribution in [0.5, 0.6) is 11.5 Å². The molecule has 0 N–H and O–H groups in total. The first-order valence-electron chi connectivity index (χ1n) is 8.99. The summed E-state index contributed by atoms with van der Waals surface area (Å²) in [5, 5.41) is 8.84. The maximum atomic E-state index is 8.84. The highest BCUT2D eigenvalue weighted by Gasteiger charge is 2.51. The fourth-order valence-corrected chi connectivity index (χ4v) is 2.45. The lowest BCUT2D eigenvalue weighted by molar-refractivity contribution is 0.00578. The van der Waals surface area contributed by atoms with Crippen LogP contribution in [0, 0.1) is 11.3 Å². The van der Waals surface area contributed by atoms with E-state index in [1.165, 1.54) is 0 Å². The Balaban J connectivity index is 2.05. The molecule has 0 aromatic heterocycles. The Morgan fingerprint density at radius 2 is 1.63 bits per heavy atom. The Labute approximate surface area is 161 Å². The minimum atomic E-state index is -0.508. The average molecular weight is 377 g/mol. The Morgan fingerprint density at radius 3 is 2.26 bits per heavy atom. The first kappa shape index (κ1) is 21.5. The summed E-state index contributed by atoms with van der Waals surface area (Å²) in [5.41, 5.74) is -0.0506. The van der Waals surface area contributed by atoms with Crippen LogP contribution in [0.3, 0.4) is 0 Å². The molecule has 0 bridgehead atoms. The van der Waals surface area contributed by atoms with E-state index in [2.05, 4.69) is 0 Å². The van der Waals surface area contributed by atoms with Gasteiger partial charge in [0.2, 0.25) is 0 Å². The standard InChI is InChI=1S/C19H28BNO6/c1-18(2)19(3,4)27-20(26-18)15-6-7-16(17(14-15)24-9-8-21)25-13-12-23-11-10-22-5/h6-7,14H,9-13H2,1-5H3. The summed E-state index contributed by atoms with van der Waals surface area (Å²) in [6.45, 7) is 9.78. The van der Waals surface area contributed by atoms with E-state index in [9.17, 15) is 0 Å². The van der Waals surface area contributed by atoms with Crippen LogP contribution in [0.15, 0.2) is 18.2 Å². The van der Waals surface area contributed by atoms with Gasteiger partial charge in [-0.2, -0.15) is 5.26 Å². The van der Waals surface area contributed by atoms with Crippen molar-refractivity contribution in [3.8, 4) is 17.6 Å². The molecule has 1 aromatic rings. The molecule has 0 spiro atoms. The molecule has 1 aromatic carbocycles. The molecule has 1 aliphatic rings. The molecule has 148 valence electrons. The Morgan fingerprint density at radius 1 is 0.963 bits per heavy atom. The summed E-state index contributed by atoms with van der Waals surface area (Å²) < 4.78 is 33.7. The van der Waals surface area contributed by atoms with Gasteiger partial charge in [0.15, 0.2) is 18.1 Å². The molecule has 0 atom stereocenters. The first-order chi connectivity index (χ1) is 12.8. The van der Waals surface area contributed by atoms with E-state index in [1.807, 2.05) is 39.8 Å². The minimum Gasteiger partial charge on any atom is -0.487 e. The van der Waals surface area contributed by atoms with E-state index in [0.29, 0.717) is 37.9 Å². The van der Waals surface area contributed by atoms with Crippen molar-refractivity contribution in [3.63, 3.8) is 0 Å². The lowest BCUT2D eigenvalue weighted by Gasteiger charge is -2.32. The number of nitriles is 1. The Kier molecular flexibility index (Phi) is 7.51. The van der Waals surface area contributed by atoms with Crippen molar-refractivity contribution in [2.45, 2.75) is 38.9 Å². The van der Waals surface area contributed by atoms with Crippen molar-refractivity contribution in [1.29, 1.82) is 5.26 Å². The third-order valence-corrected chi connectivity index (χ3v) is 4.70. The summed E-state index contributed by atoms with van der Waals surface area (Å²) in [6, 6.07) is 7.43. The quantitative estimate of drug-likeness (QED) is 0.455. The number of ether oxygens (including phenoxy) is 4. The second kappa shape index (κ2) is 9.42. The van der Waals surface area contributed by atoms with Crippen LogP contribution in [-0.2, 0) is 18.8 Å². The van der Waals surface area contributed by atoms with Crippen LogP contribution in [-0.4, -0.2) is 58.5 Å². The third kappa shape index (κ3) is 5.60. The van der Waals surface area contributed by atoms with Crippen molar-refractivity contribution >= 4 is 12.6 Å². The van der Waals surface area contributed by atoms with Crippen molar-refractivity contribution in [3.05, 3.63) is 18.2 Å². The Hall–Kier alpha value is -1.79. The average Bonchev–Trinajstić information content (AvgIpc) is 2.84. The summed E-state index contributed by atoms with van der Waals surface area (Å²) in [5.74, 6) is 1.02. The smallest absolute Gasteiger partial charge is 0.487 e. The second-order valence-corrected chi connectivity index (χ2v) is 7.19. The van der Waals surface area contributed by atoms with Crippen molar-refractivity contribution in [1.82, 2.24) is 0 Å². The lowest BCUT2D eigenvalue weighted by atomic mass is 9.79. The van der Waals surface area contributed by atoms with Gasteiger partial charge in [-0.15, -0.1) is 0 Å². The fourth-order valence-electron chi connectivity index (χ4n) is 2.45. The summed E-state index contributed by atoms with van der Waals surface area (Å²) in [7, 11) is 1.12. The number of hydrogen-bond donors (Lipinski definition) is 0. The number of hydrogen-bond acceptors (Lipinski definition) is 7. The zero-order valence-corrected chi connectivity index (χ0v) is 16.7. The molecular weight excluding hydrogens is 349 g/mol. The maximum absolute atomic E-state index is 8.84. The van der Waals surface area contributed by atoms with Gasteiger partial charge in [0, 0.05) is 7.11 Å². The highest BCUT2D eigenvalue weighted by molar-refractivity contribution is 6.62. The fraction of sp³-hybridized carbons (Fsp3) is 0.632. The molecule has 0 saturated carbocycles. The molecule has 1 fully saturated rings. The van der Waals surface area contributed by atoms with Crippen molar-refractivity contribution < 1.29 is 28.3 Å². The maximum Gasteiger partial charge on any atom is 0.494 e. The van der Waals surface area contributed by atoms with Gasteiger partial charge in [-0.25, -0.2) is 0 Å². The first-order valence-corrected chi connectivity index (χ1v) is 8.99. The molecule has 2 rings (SSSR count). The van der Waals surface area contributed by atoms with Gasteiger partial charge in [0.1, 0.15) is 12.7 Å². The molecule has 1 heterocycles. The molecular formula is C19H28BNO6. The van der Waals surface area contributed by atoms with Crippen molar-refractivity contribution in [2.75, 3.05) is 40.1 Å². The van der Waals surface area contributed by atoms with Gasteiger partial charge < -0.3 is 28.3 Å². The van der Waals surface area contributed by atoms with Crippen LogP contribution in [0.25, 0.3) is 0 Å². The summed E-state index contributed by atoms with van der Waals surface area (Å²) in [6.07, 6.45) is 0. The molecule has 0 aliphatic carbocycles. The van der Waals surface area contributed by atoms with Crippen LogP contribution in [0.4, 0.5) is 0 Å². The van der Waals surface area contributed by atoms with Gasteiger partial charge in [0.25, 0.3) is 0 Å². The minimum absolute atomic E-state index is 0.0759. The number of methoxy groups -OCH3 is 1. The van der Waals surface area contributed by atoms with E-state index in [-0.39, 0.29) is 6.61 Å². The van der Waals surface area contributed by atoms with Crippen molar-refractivity contribution in [2.24, 2.45) is 0 Å². The van der Waals surface area contributed by atoms with Gasteiger partial charge in [-0.3, -0.25) is 0 Å². The molecule has 0 amide bonds. The topological polar surface area (TPSA) is 79.2 Å². The SMILES string of the molecule is COCCOCCOc1ccc(B2OC(C)(C)C(C)(C)O2)cc1OCC#N. The van der Waals surface area contributed by atoms with Crippen LogP contribution >= 0.6 is 0 Å². The Bertz CT molecular complexity index is 642. The molecule has 27 heavy (non-hydrogen) atoms. The van der Waals surface area contributed by atoms with Crippen LogP contribution < -0.4 is 14.9 Å². The largest absolute Gasteiger partial charge is 0.494 e. The van der Waals surface area contributed by atoms with Gasteiger partial charge in [0.05, 0.1) is 31.0 Å². The number of nitrogens with zero attached hydrogens (tertiary/aromatic N) is 1. The van der Waals surface area contributed by atoms with Gasteiger partial charge in [-0.05, 0) is 45.3 Å². The van der Waals surface area contributed by atoms with Crippen LogP contribution in [0.1, 0.15) is 27.7 Å². The normalized spacial score (nSPS) is 17.6. The molecule has 8 heteroatoms. The molecule has 1 saturated heterocycles. The predicted octanol–water partition coefficient (Wildman–Crippen LogP) is 1.93. The molecule has 1 aliphatic heterocycles. The zero-order chi connectivity index (χ0) is 19.9. The van der Waals surface area contributed by atoms with Gasteiger partial charge in [-0.1, -0.05) is 6.07 Å². The summed E-state index contributed by atoms with van der Waals surface area (Å²) >= 11 is 0. The molecule has 7 nitrogen and oxygen atoms in total. The van der Waals surface area contributed by atoms with E-state index in [0.717, 1.165) is 5.46 Å². The monoisotopic (exact) mass is 377 g/mol. The van der Waals surface area contributed by atoms with E-state index in [4.69, 9.17) is 33.5 Å². The lowest BCUT2D eigenvalue weighted by Crippen LogP contribution is -2.41. The number of benzene rings is 1. The number of rotatable bonds is 10. The van der Waals surface area contributed by atoms with Crippen LogP contribution in [0.2, 0.25) is 0 Å². The van der Waals surface area contributed by atoms with E-state index in [1.54, 1.807) is 19.2 Å². The molecule has 0 radical (unpaired) electrons. The van der Waals surface area contributed by atoms with E-state index < -0.39 is 18.3 Å². The van der Waals surface area contributed by atoms with Gasteiger partial charge >= 0.3 is 7.12 Å². The summed E-state index contributed by atoms with van der Waals surface area (Å²) in [4.78, 5) is 0. The second-order valence-electron chi connectivity index (χ2n) is 7.19. The zero-order valence-electron chi connectivity index (χ0n) is 16.7. The highest BCUT2D eigenvalue weighted by atomic mass is 16.7.